The maximum Gasteiger partial charge on any atom is 0.115 e. The predicted molar refractivity (Wildman–Crippen MR) is 91.5 cm³/mol. The Morgan fingerprint density at radius 1 is 0.667 bits per heavy atom. The zero-order valence-electron chi connectivity index (χ0n) is 11.9. The van der Waals surface area contributed by atoms with Gasteiger partial charge in [-0.2, -0.15) is 0 Å². The lowest BCUT2D eigenvalue weighted by molar-refractivity contribution is 0.475. The van der Waals surface area contributed by atoms with E-state index < -0.39 is 7.92 Å². The molecule has 0 aliphatic rings. The molecule has 1 N–H and O–H groups in total. The lowest BCUT2D eigenvalue weighted by Crippen LogP contribution is -2.20. The molecule has 104 valence electrons. The first-order chi connectivity index (χ1) is 10.2. The van der Waals surface area contributed by atoms with Crippen molar-refractivity contribution in [2.24, 2.45) is 0 Å². The van der Waals surface area contributed by atoms with Gasteiger partial charge in [0.15, 0.2) is 0 Å². The molecule has 0 amide bonds. The highest BCUT2D eigenvalue weighted by atomic mass is 31.1. The number of hydrogen-bond acceptors (Lipinski definition) is 1. The molecule has 0 bridgehead atoms. The monoisotopic (exact) mass is 292 g/mol. The summed E-state index contributed by atoms with van der Waals surface area (Å²) in [5, 5.41) is 13.4. The topological polar surface area (TPSA) is 20.2 Å². The third kappa shape index (κ3) is 3.15. The molecular formula is C19H17OP. The standard InChI is InChI=1S/C19H17OP/c1-15-6-5-9-19(14-15)21(17-7-3-2-4-8-17)18-12-10-16(20)11-13-18/h2-14,20H,1H3. The van der Waals surface area contributed by atoms with Gasteiger partial charge in [-0.05, 0) is 42.9 Å². The molecule has 3 aromatic rings. The van der Waals surface area contributed by atoms with Gasteiger partial charge in [0.05, 0.1) is 0 Å². The first-order valence-electron chi connectivity index (χ1n) is 6.95. The molecule has 0 heterocycles. The van der Waals surface area contributed by atoms with Crippen LogP contribution in [0.1, 0.15) is 5.56 Å². The fraction of sp³-hybridized carbons (Fsp3) is 0.0526. The summed E-state index contributed by atoms with van der Waals surface area (Å²) >= 11 is 0. The Morgan fingerprint density at radius 2 is 1.29 bits per heavy atom. The fourth-order valence-electron chi connectivity index (χ4n) is 2.39. The van der Waals surface area contributed by atoms with Gasteiger partial charge in [0, 0.05) is 0 Å². The summed E-state index contributed by atoms with van der Waals surface area (Å²) in [6, 6.07) is 26.8. The molecule has 3 aromatic carbocycles. The van der Waals surface area contributed by atoms with Gasteiger partial charge in [0.2, 0.25) is 0 Å². The summed E-state index contributed by atoms with van der Waals surface area (Å²) < 4.78 is 0. The number of aromatic hydroxyl groups is 1. The van der Waals surface area contributed by atoms with Crippen LogP contribution in [0, 0.1) is 6.92 Å². The normalized spacial score (nSPS) is 12.0. The second-order valence-electron chi connectivity index (χ2n) is 5.03. The van der Waals surface area contributed by atoms with E-state index in [1.807, 2.05) is 18.2 Å². The van der Waals surface area contributed by atoms with E-state index >= 15 is 0 Å². The van der Waals surface area contributed by atoms with Gasteiger partial charge >= 0.3 is 0 Å². The van der Waals surface area contributed by atoms with E-state index in [0.717, 1.165) is 0 Å². The van der Waals surface area contributed by atoms with Gasteiger partial charge in [0.1, 0.15) is 5.75 Å². The number of hydrogen-bond donors (Lipinski definition) is 1. The number of aryl methyl sites for hydroxylation is 1. The van der Waals surface area contributed by atoms with E-state index in [9.17, 15) is 5.11 Å². The SMILES string of the molecule is Cc1cccc(P(c2ccccc2)c2ccc(O)cc2)c1. The molecule has 0 aliphatic carbocycles. The minimum atomic E-state index is -0.586. The van der Waals surface area contributed by atoms with Crippen molar-refractivity contribution in [1.29, 1.82) is 0 Å². The van der Waals surface area contributed by atoms with Gasteiger partial charge in [-0.25, -0.2) is 0 Å². The lowest BCUT2D eigenvalue weighted by atomic mass is 10.2. The molecule has 0 saturated heterocycles. The van der Waals surface area contributed by atoms with E-state index in [1.165, 1.54) is 21.5 Å². The van der Waals surface area contributed by atoms with Gasteiger partial charge < -0.3 is 5.11 Å². The summed E-state index contributed by atoms with van der Waals surface area (Å²) in [5.74, 6) is 0.311. The fourth-order valence-corrected chi connectivity index (χ4v) is 4.77. The molecular weight excluding hydrogens is 275 g/mol. The number of phenols is 1. The lowest BCUT2D eigenvalue weighted by Gasteiger charge is -2.19. The molecule has 0 fully saturated rings. The Kier molecular flexibility index (Phi) is 4.03. The Bertz CT molecular complexity index is 720. The van der Waals surface area contributed by atoms with Crippen LogP contribution in [0.15, 0.2) is 78.9 Å². The van der Waals surface area contributed by atoms with Crippen molar-refractivity contribution in [1.82, 2.24) is 0 Å². The average molecular weight is 292 g/mol. The number of benzene rings is 3. The van der Waals surface area contributed by atoms with Crippen LogP contribution >= 0.6 is 7.92 Å². The molecule has 0 aromatic heterocycles. The van der Waals surface area contributed by atoms with Crippen LogP contribution in [0.3, 0.4) is 0 Å². The first kappa shape index (κ1) is 13.9. The number of phenolic OH excluding ortho intramolecular Hbond substituents is 1. The van der Waals surface area contributed by atoms with Crippen LogP contribution in [0.4, 0.5) is 0 Å². The Labute approximate surface area is 126 Å². The minimum Gasteiger partial charge on any atom is -0.508 e. The first-order valence-corrected chi connectivity index (χ1v) is 8.29. The summed E-state index contributed by atoms with van der Waals surface area (Å²) in [6.45, 7) is 2.12. The summed E-state index contributed by atoms with van der Waals surface area (Å²) in [5.41, 5.74) is 1.27. The second kappa shape index (κ2) is 6.11. The van der Waals surface area contributed by atoms with Crippen LogP contribution < -0.4 is 15.9 Å². The second-order valence-corrected chi connectivity index (χ2v) is 7.25. The quantitative estimate of drug-likeness (QED) is 0.733. The van der Waals surface area contributed by atoms with Crippen molar-refractivity contribution in [2.75, 3.05) is 0 Å². The molecule has 1 atom stereocenters. The van der Waals surface area contributed by atoms with Crippen LogP contribution in [-0.2, 0) is 0 Å². The molecule has 3 rings (SSSR count). The van der Waals surface area contributed by atoms with Crippen LogP contribution in [0.25, 0.3) is 0 Å². The molecule has 21 heavy (non-hydrogen) atoms. The molecule has 1 nitrogen and oxygen atoms in total. The summed E-state index contributed by atoms with van der Waals surface area (Å²) in [6.07, 6.45) is 0. The van der Waals surface area contributed by atoms with E-state index in [-0.39, 0.29) is 0 Å². The third-order valence-electron chi connectivity index (χ3n) is 3.38. The Morgan fingerprint density at radius 3 is 1.95 bits per heavy atom. The molecule has 2 heteroatoms. The van der Waals surface area contributed by atoms with E-state index in [1.54, 1.807) is 12.1 Å². The van der Waals surface area contributed by atoms with Crippen molar-refractivity contribution in [3.63, 3.8) is 0 Å². The molecule has 0 saturated carbocycles. The highest BCUT2D eigenvalue weighted by molar-refractivity contribution is 7.79. The van der Waals surface area contributed by atoms with E-state index in [2.05, 4.69) is 55.5 Å². The maximum atomic E-state index is 9.53. The van der Waals surface area contributed by atoms with Gasteiger partial charge in [-0.1, -0.05) is 72.3 Å². The third-order valence-corrected chi connectivity index (χ3v) is 5.81. The van der Waals surface area contributed by atoms with Gasteiger partial charge in [-0.15, -0.1) is 0 Å². The van der Waals surface area contributed by atoms with Gasteiger partial charge in [0.25, 0.3) is 0 Å². The number of rotatable bonds is 3. The largest absolute Gasteiger partial charge is 0.508 e. The van der Waals surface area contributed by atoms with Crippen molar-refractivity contribution < 1.29 is 5.11 Å². The zero-order valence-corrected chi connectivity index (χ0v) is 12.8. The van der Waals surface area contributed by atoms with Crippen LogP contribution in [0.5, 0.6) is 5.75 Å². The van der Waals surface area contributed by atoms with Crippen LogP contribution in [0.2, 0.25) is 0 Å². The molecule has 0 radical (unpaired) electrons. The molecule has 0 spiro atoms. The molecule has 0 aliphatic heterocycles. The van der Waals surface area contributed by atoms with E-state index in [0.29, 0.717) is 5.75 Å². The smallest absolute Gasteiger partial charge is 0.115 e. The van der Waals surface area contributed by atoms with Crippen molar-refractivity contribution >= 4 is 23.8 Å². The minimum absolute atomic E-state index is 0.311. The van der Waals surface area contributed by atoms with Crippen LogP contribution in [-0.4, -0.2) is 5.11 Å². The maximum absolute atomic E-state index is 9.53. The van der Waals surface area contributed by atoms with Crippen molar-refractivity contribution in [2.45, 2.75) is 6.92 Å². The van der Waals surface area contributed by atoms with Gasteiger partial charge in [-0.3, -0.25) is 0 Å². The van der Waals surface area contributed by atoms with E-state index in [4.69, 9.17) is 0 Å². The van der Waals surface area contributed by atoms with Crippen molar-refractivity contribution in [3.05, 3.63) is 84.4 Å². The highest BCUT2D eigenvalue weighted by Gasteiger charge is 2.16. The predicted octanol–water partition coefficient (Wildman–Crippen LogP) is 3.46. The Balaban J connectivity index is 2.13. The summed E-state index contributed by atoms with van der Waals surface area (Å²) in [7, 11) is -0.586. The highest BCUT2D eigenvalue weighted by Crippen LogP contribution is 2.33. The average Bonchev–Trinajstić information content (AvgIpc) is 2.51. The molecule has 1 unspecified atom stereocenters. The van der Waals surface area contributed by atoms with Crippen molar-refractivity contribution in [3.8, 4) is 5.75 Å². The summed E-state index contributed by atoms with van der Waals surface area (Å²) in [4.78, 5) is 0. The Hall–Kier alpha value is -2.11. The zero-order chi connectivity index (χ0) is 14.7.